The fourth-order valence-corrected chi connectivity index (χ4v) is 0.870. The van der Waals surface area contributed by atoms with Crippen molar-refractivity contribution in [3.05, 3.63) is 0 Å². The lowest BCUT2D eigenvalue weighted by molar-refractivity contribution is -0.120. The van der Waals surface area contributed by atoms with Crippen LogP contribution in [0.5, 0.6) is 0 Å². The van der Waals surface area contributed by atoms with E-state index in [-0.39, 0.29) is 5.91 Å². The fourth-order valence-electron chi connectivity index (χ4n) is 0.480. The summed E-state index contributed by atoms with van der Waals surface area (Å²) in [5.41, 5.74) is 0. The highest BCUT2D eigenvalue weighted by molar-refractivity contribution is 7.98. The van der Waals surface area contributed by atoms with Crippen LogP contribution < -0.4 is 5.32 Å². The highest BCUT2D eigenvalue weighted by atomic mass is 32.2. The molecule has 0 saturated heterocycles. The summed E-state index contributed by atoms with van der Waals surface area (Å²) in [5, 5.41) is 2.73. The first-order valence-corrected chi connectivity index (χ1v) is 4.46. The van der Waals surface area contributed by atoms with Crippen molar-refractivity contribution in [2.45, 2.75) is 13.3 Å². The van der Waals surface area contributed by atoms with Crippen LogP contribution >= 0.6 is 11.8 Å². The van der Waals surface area contributed by atoms with Crippen LogP contribution in [0, 0.1) is 0 Å². The first-order chi connectivity index (χ1) is 4.31. The van der Waals surface area contributed by atoms with Crippen LogP contribution in [0.3, 0.4) is 0 Å². The molecule has 0 heterocycles. The average Bonchev–Trinajstić information content (AvgIpc) is 1.85. The molecular weight excluding hydrogens is 134 g/mol. The second-order valence-corrected chi connectivity index (χ2v) is 2.68. The molecular formula is C6H13NOS. The summed E-state index contributed by atoms with van der Waals surface area (Å²) in [5.74, 6) is 1.08. The molecule has 0 atom stereocenters. The van der Waals surface area contributed by atoms with Gasteiger partial charge in [-0.15, -0.1) is 0 Å². The normalized spacial score (nSPS) is 9.11. The van der Waals surface area contributed by atoms with Crippen molar-refractivity contribution in [1.82, 2.24) is 5.32 Å². The Morgan fingerprint density at radius 2 is 2.33 bits per heavy atom. The number of rotatable bonds is 4. The van der Waals surface area contributed by atoms with Crippen LogP contribution in [0.2, 0.25) is 0 Å². The summed E-state index contributed by atoms with van der Waals surface area (Å²) in [6.07, 6.45) is 2.65. The maximum absolute atomic E-state index is 10.7. The van der Waals surface area contributed by atoms with Gasteiger partial charge in [0.15, 0.2) is 0 Å². The summed E-state index contributed by atoms with van der Waals surface area (Å²) in [6, 6.07) is 0. The van der Waals surface area contributed by atoms with E-state index in [9.17, 15) is 4.79 Å². The quantitative estimate of drug-likeness (QED) is 0.639. The van der Waals surface area contributed by atoms with Gasteiger partial charge in [0.25, 0.3) is 0 Å². The van der Waals surface area contributed by atoms with Crippen LogP contribution in [0.15, 0.2) is 0 Å². The number of carbonyl (C=O) groups is 1. The van der Waals surface area contributed by atoms with Gasteiger partial charge in [-0.05, 0) is 13.2 Å². The standard InChI is InChI=1S/C6H13NOS/c1-3-7-6(8)4-5-9-2/h3-5H2,1-2H3,(H,7,8). The number of thioether (sulfide) groups is 1. The Balaban J connectivity index is 3.06. The molecule has 0 aromatic carbocycles. The van der Waals surface area contributed by atoms with E-state index in [0.29, 0.717) is 6.42 Å². The molecule has 0 rings (SSSR count). The number of carbonyl (C=O) groups excluding carboxylic acids is 1. The number of hydrogen-bond donors (Lipinski definition) is 1. The van der Waals surface area contributed by atoms with Gasteiger partial charge in [0.05, 0.1) is 0 Å². The smallest absolute Gasteiger partial charge is 0.220 e. The Bertz CT molecular complexity index is 85.1. The summed E-state index contributed by atoms with van der Waals surface area (Å²) in [4.78, 5) is 10.7. The van der Waals surface area contributed by atoms with Crippen LogP contribution in [0.4, 0.5) is 0 Å². The minimum absolute atomic E-state index is 0.159. The summed E-state index contributed by atoms with van der Waals surface area (Å²) in [6.45, 7) is 2.67. The average molecular weight is 147 g/mol. The van der Waals surface area contributed by atoms with Gasteiger partial charge in [-0.2, -0.15) is 11.8 Å². The number of nitrogens with one attached hydrogen (secondary N) is 1. The van der Waals surface area contributed by atoms with Gasteiger partial charge in [-0.1, -0.05) is 0 Å². The maximum atomic E-state index is 10.7. The molecule has 1 amide bonds. The van der Waals surface area contributed by atoms with Crippen LogP contribution in [0.1, 0.15) is 13.3 Å². The van der Waals surface area contributed by atoms with Crippen molar-refractivity contribution >= 4 is 17.7 Å². The van der Waals surface area contributed by atoms with E-state index < -0.39 is 0 Å². The molecule has 0 spiro atoms. The van der Waals surface area contributed by atoms with Crippen molar-refractivity contribution < 1.29 is 4.79 Å². The highest BCUT2D eigenvalue weighted by Gasteiger charge is 1.95. The van der Waals surface area contributed by atoms with Gasteiger partial charge in [-0.25, -0.2) is 0 Å². The summed E-state index contributed by atoms with van der Waals surface area (Å²) < 4.78 is 0. The van der Waals surface area contributed by atoms with Gasteiger partial charge in [0, 0.05) is 18.7 Å². The van der Waals surface area contributed by atoms with E-state index in [1.165, 1.54) is 0 Å². The molecule has 0 bridgehead atoms. The molecule has 0 radical (unpaired) electrons. The molecule has 9 heavy (non-hydrogen) atoms. The molecule has 0 unspecified atom stereocenters. The minimum atomic E-state index is 0.159. The van der Waals surface area contributed by atoms with E-state index in [1.807, 2.05) is 13.2 Å². The molecule has 2 nitrogen and oxygen atoms in total. The fraction of sp³-hybridized carbons (Fsp3) is 0.833. The van der Waals surface area contributed by atoms with Gasteiger partial charge in [0.1, 0.15) is 0 Å². The van der Waals surface area contributed by atoms with E-state index in [1.54, 1.807) is 11.8 Å². The Morgan fingerprint density at radius 1 is 1.67 bits per heavy atom. The zero-order valence-electron chi connectivity index (χ0n) is 5.94. The van der Waals surface area contributed by atoms with Gasteiger partial charge in [-0.3, -0.25) is 4.79 Å². The second-order valence-electron chi connectivity index (χ2n) is 1.70. The molecule has 0 aliphatic rings. The van der Waals surface area contributed by atoms with Crippen molar-refractivity contribution in [2.24, 2.45) is 0 Å². The van der Waals surface area contributed by atoms with E-state index in [4.69, 9.17) is 0 Å². The van der Waals surface area contributed by atoms with Crippen LogP contribution in [-0.4, -0.2) is 24.5 Å². The summed E-state index contributed by atoms with van der Waals surface area (Å²) in [7, 11) is 0. The highest BCUT2D eigenvalue weighted by Crippen LogP contribution is 1.93. The SMILES string of the molecule is CCNC(=O)CCSC. The van der Waals surface area contributed by atoms with Crippen molar-refractivity contribution in [3.63, 3.8) is 0 Å². The first-order valence-electron chi connectivity index (χ1n) is 3.07. The largest absolute Gasteiger partial charge is 0.356 e. The number of hydrogen-bond acceptors (Lipinski definition) is 2. The van der Waals surface area contributed by atoms with Gasteiger partial charge in [0.2, 0.25) is 5.91 Å². The first kappa shape index (κ1) is 8.82. The lowest BCUT2D eigenvalue weighted by atomic mass is 10.4. The Hall–Kier alpha value is -0.180. The molecule has 0 fully saturated rings. The molecule has 0 aromatic heterocycles. The van der Waals surface area contributed by atoms with E-state index >= 15 is 0 Å². The van der Waals surface area contributed by atoms with Crippen LogP contribution in [0.25, 0.3) is 0 Å². The van der Waals surface area contributed by atoms with Crippen LogP contribution in [-0.2, 0) is 4.79 Å². The molecule has 3 heteroatoms. The van der Waals surface area contributed by atoms with E-state index in [0.717, 1.165) is 12.3 Å². The topological polar surface area (TPSA) is 29.1 Å². The Kier molecular flexibility index (Phi) is 5.83. The third-order valence-corrected chi connectivity index (χ3v) is 1.52. The van der Waals surface area contributed by atoms with E-state index in [2.05, 4.69) is 5.32 Å². The lowest BCUT2D eigenvalue weighted by Gasteiger charge is -1.98. The second kappa shape index (κ2) is 5.95. The van der Waals surface area contributed by atoms with Crippen molar-refractivity contribution in [3.8, 4) is 0 Å². The zero-order valence-corrected chi connectivity index (χ0v) is 6.75. The molecule has 0 aliphatic carbocycles. The summed E-state index contributed by atoms with van der Waals surface area (Å²) >= 11 is 1.69. The maximum Gasteiger partial charge on any atom is 0.220 e. The zero-order chi connectivity index (χ0) is 7.11. The molecule has 0 aromatic rings. The molecule has 1 N–H and O–H groups in total. The predicted molar refractivity (Wildman–Crippen MR) is 41.7 cm³/mol. The third kappa shape index (κ3) is 5.69. The number of amides is 1. The lowest BCUT2D eigenvalue weighted by Crippen LogP contribution is -2.22. The molecule has 0 aliphatic heterocycles. The predicted octanol–water partition coefficient (Wildman–Crippen LogP) is 0.876. The molecule has 54 valence electrons. The van der Waals surface area contributed by atoms with Crippen molar-refractivity contribution in [2.75, 3.05) is 18.6 Å². The van der Waals surface area contributed by atoms with Crippen molar-refractivity contribution in [1.29, 1.82) is 0 Å². The van der Waals surface area contributed by atoms with Gasteiger partial charge >= 0.3 is 0 Å². The third-order valence-electron chi connectivity index (χ3n) is 0.907. The van der Waals surface area contributed by atoms with Gasteiger partial charge < -0.3 is 5.32 Å². The Morgan fingerprint density at radius 3 is 2.78 bits per heavy atom. The monoisotopic (exact) mass is 147 g/mol. The minimum Gasteiger partial charge on any atom is -0.356 e. The molecule has 0 saturated carbocycles. The Labute approximate surface area is 60.4 Å².